The third-order valence-electron chi connectivity index (χ3n) is 5.79. The van der Waals surface area contributed by atoms with E-state index in [1.54, 1.807) is 12.1 Å². The second-order valence-electron chi connectivity index (χ2n) is 8.42. The molecule has 1 saturated heterocycles. The van der Waals surface area contributed by atoms with E-state index in [0.29, 0.717) is 23.6 Å². The molecule has 38 heavy (non-hydrogen) atoms. The van der Waals surface area contributed by atoms with Gasteiger partial charge in [-0.3, -0.25) is 19.3 Å². The number of imide groups is 1. The number of rotatable bonds is 7. The van der Waals surface area contributed by atoms with Gasteiger partial charge < -0.3 is 10.1 Å². The van der Waals surface area contributed by atoms with Crippen molar-refractivity contribution in [2.75, 3.05) is 11.9 Å². The fourth-order valence-corrected chi connectivity index (χ4v) is 6.89. The minimum atomic E-state index is -0.504. The molecule has 9 heteroatoms. The lowest BCUT2D eigenvalue weighted by Crippen LogP contribution is -2.36. The normalized spacial score (nSPS) is 14.4. The van der Waals surface area contributed by atoms with Crippen LogP contribution in [0.25, 0.3) is 16.8 Å². The summed E-state index contributed by atoms with van der Waals surface area (Å²) in [5.74, 6) is -0.313. The number of halogens is 2. The van der Waals surface area contributed by atoms with Crippen LogP contribution in [-0.4, -0.2) is 28.5 Å². The highest BCUT2D eigenvalue weighted by Gasteiger charge is 2.36. The molecule has 1 fully saturated rings. The standard InChI is InChI=1S/C29H20I2N2O4S/c30-21-13-20(27(23(31)15-21)37-17-18-7-2-1-3-8-18)14-25-28(35)33(29(36)38-25)16-26(34)32-24-12-6-10-19-9-4-5-11-22(19)24/h1-15H,16-17H2,(H,32,34)/b25-14+. The zero-order valence-corrected chi connectivity index (χ0v) is 25.0. The van der Waals surface area contributed by atoms with Crippen molar-refractivity contribution >= 4 is 96.5 Å². The number of anilines is 1. The predicted octanol–water partition coefficient (Wildman–Crippen LogP) is 7.30. The van der Waals surface area contributed by atoms with E-state index in [2.05, 4.69) is 50.5 Å². The van der Waals surface area contributed by atoms with Crippen LogP contribution in [0.5, 0.6) is 5.75 Å². The Hall–Kier alpha value is -2.90. The van der Waals surface area contributed by atoms with E-state index >= 15 is 0 Å². The van der Waals surface area contributed by atoms with Crippen LogP contribution in [0, 0.1) is 7.14 Å². The molecule has 6 nitrogen and oxygen atoms in total. The molecule has 4 aromatic carbocycles. The van der Waals surface area contributed by atoms with Gasteiger partial charge in [0.2, 0.25) is 5.91 Å². The Bertz CT molecular complexity index is 1590. The van der Waals surface area contributed by atoms with E-state index in [1.165, 1.54) is 0 Å². The lowest BCUT2D eigenvalue weighted by Gasteiger charge is -2.14. The highest BCUT2D eigenvalue weighted by molar-refractivity contribution is 14.1. The quantitative estimate of drug-likeness (QED) is 0.159. The molecule has 0 bridgehead atoms. The first-order valence-corrected chi connectivity index (χ1v) is 14.6. The van der Waals surface area contributed by atoms with Crippen LogP contribution in [0.1, 0.15) is 11.1 Å². The summed E-state index contributed by atoms with van der Waals surface area (Å²) in [5.41, 5.74) is 2.34. The molecule has 5 rings (SSSR count). The molecule has 0 radical (unpaired) electrons. The van der Waals surface area contributed by atoms with Crippen LogP contribution < -0.4 is 10.1 Å². The number of nitrogens with one attached hydrogen (secondary N) is 1. The number of hydrogen-bond donors (Lipinski definition) is 1. The summed E-state index contributed by atoms with van der Waals surface area (Å²) >= 11 is 5.23. The predicted molar refractivity (Wildman–Crippen MR) is 168 cm³/mol. The number of thioether (sulfide) groups is 1. The van der Waals surface area contributed by atoms with Crippen molar-refractivity contribution in [3.05, 3.63) is 108 Å². The van der Waals surface area contributed by atoms with Gasteiger partial charge in [-0.15, -0.1) is 0 Å². The molecule has 0 saturated carbocycles. The fraction of sp³-hybridized carbons (Fsp3) is 0.0690. The van der Waals surface area contributed by atoms with Gasteiger partial charge in [-0.05, 0) is 92.2 Å². The molecule has 0 atom stereocenters. The number of fused-ring (bicyclic) bond motifs is 1. The van der Waals surface area contributed by atoms with Crippen molar-refractivity contribution in [1.82, 2.24) is 4.90 Å². The summed E-state index contributed by atoms with van der Waals surface area (Å²) in [7, 11) is 0. The summed E-state index contributed by atoms with van der Waals surface area (Å²) in [4.78, 5) is 39.9. The van der Waals surface area contributed by atoms with Gasteiger partial charge in [0.15, 0.2) is 0 Å². The molecular weight excluding hydrogens is 726 g/mol. The minimum absolute atomic E-state index is 0.246. The van der Waals surface area contributed by atoms with Crippen LogP contribution in [0.15, 0.2) is 89.8 Å². The third kappa shape index (κ3) is 6.05. The maximum Gasteiger partial charge on any atom is 0.294 e. The average Bonchev–Trinajstić information content (AvgIpc) is 3.16. The van der Waals surface area contributed by atoms with Gasteiger partial charge in [0.05, 0.1) is 8.48 Å². The van der Waals surface area contributed by atoms with Crippen LogP contribution >= 0.6 is 56.9 Å². The van der Waals surface area contributed by atoms with E-state index in [1.807, 2.05) is 78.9 Å². The fourth-order valence-electron chi connectivity index (χ4n) is 4.01. The third-order valence-corrected chi connectivity index (χ3v) is 8.12. The molecule has 1 aliphatic rings. The number of hydrogen-bond acceptors (Lipinski definition) is 5. The zero-order valence-electron chi connectivity index (χ0n) is 19.8. The number of ether oxygens (including phenoxy) is 1. The molecule has 1 N–H and O–H groups in total. The summed E-state index contributed by atoms with van der Waals surface area (Å²) < 4.78 is 8.00. The van der Waals surface area contributed by atoms with Gasteiger partial charge >= 0.3 is 0 Å². The van der Waals surface area contributed by atoms with Gasteiger partial charge in [-0.25, -0.2) is 0 Å². The second-order valence-corrected chi connectivity index (χ2v) is 11.8. The van der Waals surface area contributed by atoms with Crippen molar-refractivity contribution in [1.29, 1.82) is 0 Å². The Morgan fingerprint density at radius 1 is 0.947 bits per heavy atom. The van der Waals surface area contributed by atoms with Crippen LogP contribution in [0.2, 0.25) is 0 Å². The Balaban J connectivity index is 1.34. The first-order chi connectivity index (χ1) is 18.4. The number of carbonyl (C=O) groups excluding carboxylic acids is 3. The topological polar surface area (TPSA) is 75.7 Å². The smallest absolute Gasteiger partial charge is 0.294 e. The summed E-state index contributed by atoms with van der Waals surface area (Å²) in [6.07, 6.45) is 1.66. The van der Waals surface area contributed by atoms with Crippen molar-refractivity contribution in [2.45, 2.75) is 6.61 Å². The van der Waals surface area contributed by atoms with E-state index in [-0.39, 0.29) is 11.4 Å². The molecule has 0 spiro atoms. The largest absolute Gasteiger partial charge is 0.487 e. The summed E-state index contributed by atoms with van der Waals surface area (Å²) in [6, 6.07) is 27.0. The van der Waals surface area contributed by atoms with Gasteiger partial charge in [0.25, 0.3) is 11.1 Å². The molecule has 0 aromatic heterocycles. The first kappa shape index (κ1) is 26.7. The monoisotopic (exact) mass is 746 g/mol. The average molecular weight is 746 g/mol. The zero-order chi connectivity index (χ0) is 26.6. The molecule has 1 aliphatic heterocycles. The molecule has 4 aromatic rings. The molecule has 0 unspecified atom stereocenters. The molecule has 3 amide bonds. The van der Waals surface area contributed by atoms with Crippen LogP contribution in [0.3, 0.4) is 0 Å². The molecule has 0 aliphatic carbocycles. The van der Waals surface area contributed by atoms with Gasteiger partial charge in [0, 0.05) is 20.2 Å². The Kier molecular flexibility index (Phi) is 8.34. The molecular formula is C29H20I2N2O4S. The number of carbonyl (C=O) groups is 3. The number of benzene rings is 4. The number of amides is 3. The van der Waals surface area contributed by atoms with Crippen LogP contribution in [-0.2, 0) is 16.2 Å². The molecule has 1 heterocycles. The van der Waals surface area contributed by atoms with Crippen molar-refractivity contribution < 1.29 is 19.1 Å². The van der Waals surface area contributed by atoms with Gasteiger partial charge in [0.1, 0.15) is 18.9 Å². The second kappa shape index (κ2) is 11.9. The lowest BCUT2D eigenvalue weighted by molar-refractivity contribution is -0.127. The molecule has 190 valence electrons. The van der Waals surface area contributed by atoms with Crippen molar-refractivity contribution in [3.8, 4) is 5.75 Å². The first-order valence-electron chi connectivity index (χ1n) is 11.6. The van der Waals surface area contributed by atoms with E-state index in [9.17, 15) is 14.4 Å². The maximum absolute atomic E-state index is 13.2. The van der Waals surface area contributed by atoms with Crippen molar-refractivity contribution in [3.63, 3.8) is 0 Å². The van der Waals surface area contributed by atoms with Crippen LogP contribution in [0.4, 0.5) is 10.5 Å². The SMILES string of the molecule is O=C(CN1C(=O)S/C(=C/c2cc(I)cc(I)c2OCc2ccccc2)C1=O)Nc1cccc2ccccc12. The Morgan fingerprint density at radius 2 is 1.68 bits per heavy atom. The Labute approximate surface area is 251 Å². The highest BCUT2D eigenvalue weighted by atomic mass is 127. The van der Waals surface area contributed by atoms with E-state index in [4.69, 9.17) is 4.74 Å². The Morgan fingerprint density at radius 3 is 2.50 bits per heavy atom. The van der Waals surface area contributed by atoms with Gasteiger partial charge in [-0.2, -0.15) is 0 Å². The number of nitrogens with zero attached hydrogens (tertiary/aromatic N) is 1. The van der Waals surface area contributed by atoms with Gasteiger partial charge in [-0.1, -0.05) is 66.7 Å². The minimum Gasteiger partial charge on any atom is -0.487 e. The summed E-state index contributed by atoms with van der Waals surface area (Å²) in [5, 5.41) is 4.22. The lowest BCUT2D eigenvalue weighted by atomic mass is 10.1. The van der Waals surface area contributed by atoms with E-state index in [0.717, 1.165) is 40.1 Å². The highest BCUT2D eigenvalue weighted by Crippen LogP contribution is 2.36. The van der Waals surface area contributed by atoms with E-state index < -0.39 is 17.1 Å². The maximum atomic E-state index is 13.2. The van der Waals surface area contributed by atoms with Crippen molar-refractivity contribution in [2.24, 2.45) is 0 Å². The summed E-state index contributed by atoms with van der Waals surface area (Å²) in [6.45, 7) is 0.000538.